The number of anilines is 1. The minimum atomic E-state index is -1.29. The number of amides is 1. The predicted octanol–water partition coefficient (Wildman–Crippen LogP) is 5.61. The number of benzene rings is 3. The van der Waals surface area contributed by atoms with Gasteiger partial charge in [-0.15, -0.1) is 0 Å². The Bertz CT molecular complexity index is 1080. The molecule has 0 aliphatic carbocycles. The highest BCUT2D eigenvalue weighted by atomic mass is 32.2. The lowest BCUT2D eigenvalue weighted by molar-refractivity contribution is 0.102. The molecule has 0 aromatic heterocycles. The number of hydrogen-bond acceptors (Lipinski definition) is 5. The monoisotopic (exact) mass is 494 g/mol. The summed E-state index contributed by atoms with van der Waals surface area (Å²) in [6, 6.07) is 22.2. The fraction of sp³-hybridized carbons (Fsp3) is 0.321. The van der Waals surface area contributed by atoms with Gasteiger partial charge in [0.05, 0.1) is 7.11 Å². The van der Waals surface area contributed by atoms with Gasteiger partial charge in [-0.3, -0.25) is 9.69 Å². The highest BCUT2D eigenvalue weighted by molar-refractivity contribution is 7.91. The number of nitrogens with one attached hydrogen (secondary N) is 1. The summed E-state index contributed by atoms with van der Waals surface area (Å²) in [5, 5.41) is 2.91. The second-order valence-electron chi connectivity index (χ2n) is 8.70. The molecule has 0 fully saturated rings. The van der Waals surface area contributed by atoms with E-state index in [4.69, 9.17) is 9.47 Å². The molecule has 0 spiro atoms. The third-order valence-electron chi connectivity index (χ3n) is 5.64. The van der Waals surface area contributed by atoms with E-state index in [1.54, 1.807) is 49.6 Å². The van der Waals surface area contributed by atoms with Gasteiger partial charge in [0.2, 0.25) is 0 Å². The van der Waals surface area contributed by atoms with Gasteiger partial charge in [-0.2, -0.15) is 0 Å². The first-order valence-corrected chi connectivity index (χ1v) is 12.9. The first kappa shape index (κ1) is 26.6. The molecule has 0 saturated carbocycles. The molecule has 0 heterocycles. The van der Waals surface area contributed by atoms with Gasteiger partial charge in [-0.05, 0) is 76.2 Å². The average molecular weight is 495 g/mol. The zero-order valence-electron chi connectivity index (χ0n) is 21.0. The minimum Gasteiger partial charge on any atom is -0.606 e. The van der Waals surface area contributed by atoms with E-state index in [1.807, 2.05) is 30.3 Å². The van der Waals surface area contributed by atoms with Crippen molar-refractivity contribution in [2.75, 3.05) is 25.6 Å². The number of hydrogen-bond donors (Lipinski definition) is 1. The maximum absolute atomic E-state index is 12.8. The molecule has 1 amide bonds. The summed E-state index contributed by atoms with van der Waals surface area (Å²) in [6.45, 7) is 9.96. The van der Waals surface area contributed by atoms with Crippen LogP contribution in [0.5, 0.6) is 11.5 Å². The van der Waals surface area contributed by atoms with Gasteiger partial charge in [-0.1, -0.05) is 18.2 Å². The van der Waals surface area contributed by atoms with Crippen LogP contribution in [-0.4, -0.2) is 47.7 Å². The topological polar surface area (TPSA) is 73.9 Å². The maximum atomic E-state index is 12.8. The van der Waals surface area contributed by atoms with E-state index in [0.717, 1.165) is 11.4 Å². The fourth-order valence-electron chi connectivity index (χ4n) is 3.85. The van der Waals surface area contributed by atoms with Gasteiger partial charge < -0.3 is 19.3 Å². The zero-order valence-corrected chi connectivity index (χ0v) is 21.8. The van der Waals surface area contributed by atoms with Crippen LogP contribution in [0.4, 0.5) is 5.69 Å². The highest BCUT2D eigenvalue weighted by Crippen LogP contribution is 2.30. The summed E-state index contributed by atoms with van der Waals surface area (Å²) < 4.78 is 24.2. The largest absolute Gasteiger partial charge is 0.606 e. The van der Waals surface area contributed by atoms with Crippen molar-refractivity contribution in [3.63, 3.8) is 0 Å². The molecule has 186 valence electrons. The minimum absolute atomic E-state index is 0.260. The molecular weight excluding hydrogens is 460 g/mol. The first-order chi connectivity index (χ1) is 16.8. The predicted molar refractivity (Wildman–Crippen MR) is 141 cm³/mol. The molecule has 0 bridgehead atoms. The van der Waals surface area contributed by atoms with Gasteiger partial charge in [0, 0.05) is 47.1 Å². The van der Waals surface area contributed by atoms with Gasteiger partial charge in [0.1, 0.15) is 6.61 Å². The van der Waals surface area contributed by atoms with Crippen molar-refractivity contribution in [1.29, 1.82) is 0 Å². The van der Waals surface area contributed by atoms with Crippen molar-refractivity contribution >= 4 is 22.8 Å². The molecule has 0 aliphatic rings. The van der Waals surface area contributed by atoms with Crippen LogP contribution >= 0.6 is 0 Å². The van der Waals surface area contributed by atoms with Crippen molar-refractivity contribution in [3.8, 4) is 11.5 Å². The van der Waals surface area contributed by atoms with Crippen LogP contribution in [0.2, 0.25) is 0 Å². The van der Waals surface area contributed by atoms with Crippen LogP contribution in [0.15, 0.2) is 82.6 Å². The molecule has 1 N–H and O–H groups in total. The zero-order chi connectivity index (χ0) is 25.4. The summed E-state index contributed by atoms with van der Waals surface area (Å²) in [5.74, 6) is 0.923. The average Bonchev–Trinajstić information content (AvgIpc) is 2.86. The third-order valence-corrected chi connectivity index (χ3v) is 7.04. The van der Waals surface area contributed by atoms with Crippen LogP contribution in [-0.2, 0) is 11.2 Å². The van der Waals surface area contributed by atoms with Crippen LogP contribution in [0.1, 0.15) is 38.1 Å². The molecule has 3 rings (SSSR count). The maximum Gasteiger partial charge on any atom is 0.255 e. The second-order valence-corrected chi connectivity index (χ2v) is 10.2. The van der Waals surface area contributed by atoms with E-state index in [1.165, 1.54) is 0 Å². The SMILES string of the molecule is COc1ccc(NC(=O)c2ccc([S+]([O-])c3ccccc3)cc2)cc1OCCN(C(C)C)C(C)C. The molecule has 6 nitrogen and oxygen atoms in total. The van der Waals surface area contributed by atoms with E-state index in [2.05, 4.69) is 37.9 Å². The molecule has 3 aromatic rings. The van der Waals surface area contributed by atoms with Crippen LogP contribution in [0.25, 0.3) is 0 Å². The molecule has 1 unspecified atom stereocenters. The molecular formula is C28H34N2O4S. The fourth-order valence-corrected chi connectivity index (χ4v) is 4.91. The quantitative estimate of drug-likeness (QED) is 0.351. The van der Waals surface area contributed by atoms with Crippen LogP contribution < -0.4 is 14.8 Å². The number of methoxy groups -OCH3 is 1. The van der Waals surface area contributed by atoms with Crippen molar-refractivity contribution in [2.24, 2.45) is 0 Å². The van der Waals surface area contributed by atoms with Gasteiger partial charge in [-0.25, -0.2) is 0 Å². The lowest BCUT2D eigenvalue weighted by atomic mass is 10.2. The van der Waals surface area contributed by atoms with Crippen LogP contribution in [0, 0.1) is 0 Å². The van der Waals surface area contributed by atoms with E-state index in [9.17, 15) is 9.35 Å². The van der Waals surface area contributed by atoms with Crippen molar-refractivity contribution in [2.45, 2.75) is 49.6 Å². The van der Waals surface area contributed by atoms with Crippen LogP contribution in [0.3, 0.4) is 0 Å². The lowest BCUT2D eigenvalue weighted by Crippen LogP contribution is -2.39. The summed E-state index contributed by atoms with van der Waals surface area (Å²) in [4.78, 5) is 16.5. The van der Waals surface area contributed by atoms with Gasteiger partial charge in [0.25, 0.3) is 5.91 Å². The molecule has 0 radical (unpaired) electrons. The smallest absolute Gasteiger partial charge is 0.255 e. The van der Waals surface area contributed by atoms with E-state index in [-0.39, 0.29) is 5.91 Å². The Morgan fingerprint density at radius 3 is 2.14 bits per heavy atom. The number of carbonyl (C=O) groups is 1. The number of ether oxygens (including phenoxy) is 2. The van der Waals surface area contributed by atoms with Crippen molar-refractivity contribution in [3.05, 3.63) is 78.4 Å². The van der Waals surface area contributed by atoms with Crippen molar-refractivity contribution in [1.82, 2.24) is 4.90 Å². The molecule has 3 aromatic carbocycles. The summed E-state index contributed by atoms with van der Waals surface area (Å²) in [6.07, 6.45) is 0. The number of carbonyl (C=O) groups excluding carboxylic acids is 1. The molecule has 7 heteroatoms. The molecule has 1 atom stereocenters. The Morgan fingerprint density at radius 2 is 1.54 bits per heavy atom. The molecule has 0 aliphatic heterocycles. The Morgan fingerprint density at radius 1 is 0.914 bits per heavy atom. The van der Waals surface area contributed by atoms with Gasteiger partial charge >= 0.3 is 0 Å². The Labute approximate surface area is 211 Å². The first-order valence-electron chi connectivity index (χ1n) is 11.7. The normalized spacial score (nSPS) is 12.1. The standard InChI is InChI=1S/C28H34N2O4S/c1-20(2)30(21(3)4)17-18-34-27-19-23(13-16-26(27)33-5)29-28(31)22-11-14-25(15-12-22)35(32)24-9-7-6-8-10-24/h6-16,19-21H,17-18H2,1-5H3,(H,29,31). The Kier molecular flexibility index (Phi) is 9.60. The van der Waals surface area contributed by atoms with E-state index >= 15 is 0 Å². The lowest BCUT2D eigenvalue weighted by Gasteiger charge is -2.30. The second kappa shape index (κ2) is 12.6. The van der Waals surface area contributed by atoms with E-state index in [0.29, 0.717) is 46.3 Å². The Hall–Kier alpha value is -3.00. The number of rotatable bonds is 11. The van der Waals surface area contributed by atoms with Crippen molar-refractivity contribution < 1.29 is 18.8 Å². The summed E-state index contributed by atoms with van der Waals surface area (Å²) in [7, 11) is 1.59. The Balaban J connectivity index is 1.65. The summed E-state index contributed by atoms with van der Waals surface area (Å²) in [5.41, 5.74) is 1.08. The third kappa shape index (κ3) is 7.24. The molecule has 35 heavy (non-hydrogen) atoms. The highest BCUT2D eigenvalue weighted by Gasteiger charge is 2.17. The van der Waals surface area contributed by atoms with Gasteiger partial charge in [0.15, 0.2) is 21.3 Å². The number of nitrogens with zero attached hydrogens (tertiary/aromatic N) is 1. The van der Waals surface area contributed by atoms with E-state index < -0.39 is 11.2 Å². The molecule has 0 saturated heterocycles. The summed E-state index contributed by atoms with van der Waals surface area (Å²) >= 11 is -1.29.